The molecule has 0 unspecified atom stereocenters. The van der Waals surface area contributed by atoms with Crippen LogP contribution in [0.15, 0.2) is 24.3 Å². The van der Waals surface area contributed by atoms with Crippen LogP contribution >= 0.6 is 0 Å². The average molecular weight is 260 g/mol. The lowest BCUT2D eigenvalue weighted by Crippen LogP contribution is -2.36. The fraction of sp³-hybridized carbons (Fsp3) is 0.273. The van der Waals surface area contributed by atoms with E-state index in [1.54, 1.807) is 5.32 Å². The molecule has 2 amide bonds. The number of alkyl halides is 3. The van der Waals surface area contributed by atoms with Gasteiger partial charge >= 0.3 is 12.1 Å². The van der Waals surface area contributed by atoms with E-state index in [0.717, 1.165) is 0 Å². The smallest absolute Gasteiger partial charge is 0.355 e. The number of rotatable bonds is 3. The summed E-state index contributed by atoms with van der Waals surface area (Å²) >= 11 is 0. The van der Waals surface area contributed by atoms with Crippen LogP contribution < -0.4 is 10.6 Å². The van der Waals surface area contributed by atoms with Crippen LogP contribution in [-0.4, -0.2) is 25.0 Å². The largest absolute Gasteiger partial charge is 0.471 e. The lowest BCUT2D eigenvalue weighted by molar-refractivity contribution is -0.173. The Morgan fingerprint density at radius 3 is 2.17 bits per heavy atom. The molecule has 0 aliphatic rings. The molecule has 0 atom stereocenters. The van der Waals surface area contributed by atoms with Gasteiger partial charge in [-0.05, 0) is 17.7 Å². The minimum atomic E-state index is -4.89. The van der Waals surface area contributed by atoms with Gasteiger partial charge < -0.3 is 10.6 Å². The molecule has 0 heterocycles. The molecule has 0 aliphatic carbocycles. The number of carbonyl (C=O) groups is 2. The molecular weight excluding hydrogens is 249 g/mol. The molecule has 0 spiro atoms. The first-order valence-electron chi connectivity index (χ1n) is 5.00. The van der Waals surface area contributed by atoms with Crippen molar-refractivity contribution in [3.8, 4) is 0 Å². The summed E-state index contributed by atoms with van der Waals surface area (Å²) in [5.41, 5.74) is 0.864. The molecule has 98 valence electrons. The van der Waals surface area contributed by atoms with Gasteiger partial charge in [-0.15, -0.1) is 0 Å². The van der Waals surface area contributed by atoms with Crippen LogP contribution in [0.1, 0.15) is 15.9 Å². The fourth-order valence-corrected chi connectivity index (χ4v) is 1.20. The lowest BCUT2D eigenvalue weighted by Gasteiger charge is -2.08. The molecule has 0 saturated carbocycles. The molecule has 0 radical (unpaired) electrons. The SMILES string of the molecule is CNC(=O)c1ccc(CNC(=O)C(F)(F)F)cc1. The van der Waals surface area contributed by atoms with Crippen LogP contribution in [0.2, 0.25) is 0 Å². The Morgan fingerprint density at radius 2 is 1.72 bits per heavy atom. The first-order chi connectivity index (χ1) is 8.34. The van der Waals surface area contributed by atoms with E-state index in [4.69, 9.17) is 0 Å². The van der Waals surface area contributed by atoms with Gasteiger partial charge in [0.25, 0.3) is 5.91 Å². The first-order valence-corrected chi connectivity index (χ1v) is 5.00. The van der Waals surface area contributed by atoms with Crippen molar-refractivity contribution in [2.75, 3.05) is 7.05 Å². The first kappa shape index (κ1) is 14.0. The molecule has 1 rings (SSSR count). The number of halogens is 3. The van der Waals surface area contributed by atoms with Crippen LogP contribution in [0.25, 0.3) is 0 Å². The number of nitrogens with one attached hydrogen (secondary N) is 2. The molecule has 4 nitrogen and oxygen atoms in total. The maximum absolute atomic E-state index is 11.9. The van der Waals surface area contributed by atoms with Crippen LogP contribution in [-0.2, 0) is 11.3 Å². The van der Waals surface area contributed by atoms with E-state index < -0.39 is 12.1 Å². The second-order valence-corrected chi connectivity index (χ2v) is 3.46. The molecular formula is C11H11F3N2O2. The van der Waals surface area contributed by atoms with Gasteiger partial charge in [-0.2, -0.15) is 13.2 Å². The summed E-state index contributed by atoms with van der Waals surface area (Å²) in [5.74, 6) is -2.28. The number of hydrogen-bond donors (Lipinski definition) is 2. The number of carbonyl (C=O) groups excluding carboxylic acids is 2. The van der Waals surface area contributed by atoms with E-state index in [2.05, 4.69) is 5.32 Å². The quantitative estimate of drug-likeness (QED) is 0.858. The third-order valence-corrected chi connectivity index (χ3v) is 2.15. The summed E-state index contributed by atoms with van der Waals surface area (Å²) in [6.07, 6.45) is -4.89. The highest BCUT2D eigenvalue weighted by atomic mass is 19.4. The van der Waals surface area contributed by atoms with Gasteiger partial charge in [0, 0.05) is 19.2 Å². The predicted octanol–water partition coefficient (Wildman–Crippen LogP) is 1.22. The number of amides is 2. The van der Waals surface area contributed by atoms with Crippen LogP contribution in [0.5, 0.6) is 0 Å². The number of benzene rings is 1. The summed E-state index contributed by atoms with van der Waals surface area (Å²) in [6, 6.07) is 5.88. The highest BCUT2D eigenvalue weighted by Gasteiger charge is 2.38. The van der Waals surface area contributed by atoms with Crippen molar-refractivity contribution >= 4 is 11.8 Å². The maximum atomic E-state index is 11.9. The van der Waals surface area contributed by atoms with E-state index >= 15 is 0 Å². The van der Waals surface area contributed by atoms with Crippen molar-refractivity contribution in [3.63, 3.8) is 0 Å². The van der Waals surface area contributed by atoms with Crippen molar-refractivity contribution in [3.05, 3.63) is 35.4 Å². The predicted molar refractivity (Wildman–Crippen MR) is 57.7 cm³/mol. The monoisotopic (exact) mass is 260 g/mol. The highest BCUT2D eigenvalue weighted by molar-refractivity contribution is 5.93. The van der Waals surface area contributed by atoms with Crippen molar-refractivity contribution in [2.24, 2.45) is 0 Å². The topological polar surface area (TPSA) is 58.2 Å². The molecule has 0 bridgehead atoms. The zero-order valence-corrected chi connectivity index (χ0v) is 9.47. The Balaban J connectivity index is 2.60. The Hall–Kier alpha value is -2.05. The standard InChI is InChI=1S/C11H11F3N2O2/c1-15-9(17)8-4-2-7(3-5-8)6-16-10(18)11(12,13)14/h2-5H,6H2,1H3,(H,15,17)(H,16,18). The molecule has 0 fully saturated rings. The van der Waals surface area contributed by atoms with Crippen molar-refractivity contribution in [1.82, 2.24) is 10.6 Å². The maximum Gasteiger partial charge on any atom is 0.471 e. The molecule has 0 aromatic heterocycles. The lowest BCUT2D eigenvalue weighted by atomic mass is 10.1. The molecule has 2 N–H and O–H groups in total. The Labute approximate surface area is 101 Å². The van der Waals surface area contributed by atoms with E-state index in [1.165, 1.54) is 31.3 Å². The molecule has 0 aliphatic heterocycles. The second-order valence-electron chi connectivity index (χ2n) is 3.46. The van der Waals surface area contributed by atoms with Crippen molar-refractivity contribution in [1.29, 1.82) is 0 Å². The molecule has 7 heteroatoms. The van der Waals surface area contributed by atoms with Gasteiger partial charge in [-0.1, -0.05) is 12.1 Å². The summed E-state index contributed by atoms with van der Waals surface area (Å²) in [4.78, 5) is 21.8. The zero-order valence-electron chi connectivity index (χ0n) is 9.47. The van der Waals surface area contributed by atoms with Gasteiger partial charge in [0.15, 0.2) is 0 Å². The van der Waals surface area contributed by atoms with Crippen molar-refractivity contribution in [2.45, 2.75) is 12.7 Å². The van der Waals surface area contributed by atoms with Gasteiger partial charge in [-0.3, -0.25) is 9.59 Å². The minimum absolute atomic E-state index is 0.244. The molecule has 1 aromatic carbocycles. The van der Waals surface area contributed by atoms with Crippen LogP contribution in [0.4, 0.5) is 13.2 Å². The van der Waals surface area contributed by atoms with Crippen LogP contribution in [0.3, 0.4) is 0 Å². The van der Waals surface area contributed by atoms with E-state index in [-0.39, 0.29) is 12.5 Å². The summed E-state index contributed by atoms with van der Waals surface area (Å²) in [5, 5.41) is 4.15. The Bertz CT molecular complexity index is 441. The molecule has 18 heavy (non-hydrogen) atoms. The third kappa shape index (κ3) is 3.76. The van der Waals surface area contributed by atoms with Crippen LogP contribution in [0, 0.1) is 0 Å². The second kappa shape index (κ2) is 5.52. The highest BCUT2D eigenvalue weighted by Crippen LogP contribution is 2.14. The van der Waals surface area contributed by atoms with Gasteiger partial charge in [0.1, 0.15) is 0 Å². The zero-order chi connectivity index (χ0) is 13.8. The van der Waals surface area contributed by atoms with E-state index in [9.17, 15) is 22.8 Å². The van der Waals surface area contributed by atoms with E-state index in [1.807, 2.05) is 0 Å². The van der Waals surface area contributed by atoms with Gasteiger partial charge in [0.2, 0.25) is 0 Å². The summed E-state index contributed by atoms with van der Waals surface area (Å²) in [6.45, 7) is -0.244. The van der Waals surface area contributed by atoms with Crippen molar-refractivity contribution < 1.29 is 22.8 Å². The minimum Gasteiger partial charge on any atom is -0.355 e. The Kier molecular flexibility index (Phi) is 4.30. The summed E-state index contributed by atoms with van der Waals surface area (Å²) < 4.78 is 35.7. The average Bonchev–Trinajstić information content (AvgIpc) is 2.34. The normalized spacial score (nSPS) is 10.9. The third-order valence-electron chi connectivity index (χ3n) is 2.15. The summed E-state index contributed by atoms with van der Waals surface area (Å²) in [7, 11) is 1.47. The fourth-order valence-electron chi connectivity index (χ4n) is 1.20. The van der Waals surface area contributed by atoms with Gasteiger partial charge in [0.05, 0.1) is 0 Å². The van der Waals surface area contributed by atoms with Gasteiger partial charge in [-0.25, -0.2) is 0 Å². The molecule has 1 aromatic rings. The number of hydrogen-bond acceptors (Lipinski definition) is 2. The molecule has 0 saturated heterocycles. The van der Waals surface area contributed by atoms with E-state index in [0.29, 0.717) is 11.1 Å². The Morgan fingerprint density at radius 1 is 1.17 bits per heavy atom.